The summed E-state index contributed by atoms with van der Waals surface area (Å²) in [4.78, 5) is 10.6. The van der Waals surface area contributed by atoms with Gasteiger partial charge < -0.3 is 10.4 Å². The zero-order chi connectivity index (χ0) is 17.0. The van der Waals surface area contributed by atoms with E-state index < -0.39 is 16.1 Å². The van der Waals surface area contributed by atoms with Gasteiger partial charge in [0.2, 0.25) is 0 Å². The van der Waals surface area contributed by atoms with Crippen molar-refractivity contribution in [1.29, 1.82) is 0 Å². The molecule has 0 amide bonds. The van der Waals surface area contributed by atoms with Crippen LogP contribution >= 0.6 is 0 Å². The predicted octanol–water partition coefficient (Wildman–Crippen LogP) is 2.23. The third kappa shape index (κ3) is 5.02. The summed E-state index contributed by atoms with van der Waals surface area (Å²) in [5.41, 5.74) is 0.956. The van der Waals surface area contributed by atoms with Crippen LogP contribution in [0.1, 0.15) is 37.7 Å². The van der Waals surface area contributed by atoms with E-state index >= 15 is 0 Å². The van der Waals surface area contributed by atoms with E-state index in [4.69, 9.17) is 9.66 Å². The lowest BCUT2D eigenvalue weighted by Gasteiger charge is -2.24. The molecule has 0 radical (unpaired) electrons. The number of aliphatic carboxylic acids is 1. The molecule has 1 saturated heterocycles. The molecule has 1 aromatic rings. The molecule has 0 unspecified atom stereocenters. The van der Waals surface area contributed by atoms with Gasteiger partial charge in [-0.2, -0.15) is 8.42 Å². The maximum Gasteiger partial charge on any atom is 0.320 e. The Kier molecular flexibility index (Phi) is 5.78. The molecular weight excluding hydrogens is 318 g/mol. The number of carboxylic acid groups (broad SMARTS) is 1. The zero-order valence-corrected chi connectivity index (χ0v) is 13.9. The summed E-state index contributed by atoms with van der Waals surface area (Å²) in [5, 5.41) is 12.0. The average Bonchev–Trinajstić information content (AvgIpc) is 2.91. The van der Waals surface area contributed by atoms with Crippen LogP contribution in [0.3, 0.4) is 0 Å². The first-order chi connectivity index (χ1) is 10.8. The lowest BCUT2D eigenvalue weighted by molar-refractivity contribution is -0.139. The van der Waals surface area contributed by atoms with Crippen molar-refractivity contribution in [2.24, 2.45) is 5.92 Å². The highest BCUT2D eigenvalue weighted by Crippen LogP contribution is 2.33. The number of rotatable bonds is 2. The quantitative estimate of drug-likeness (QED) is 0.713. The fraction of sp³-hybridized carbons (Fsp3) is 0.562. The molecule has 7 heteroatoms. The molecule has 6 nitrogen and oxygen atoms in total. The first-order valence-electron chi connectivity index (χ1n) is 7.80. The maximum atomic E-state index is 10.7. The molecule has 3 N–H and O–H groups in total. The Labute approximate surface area is 136 Å². The summed E-state index contributed by atoms with van der Waals surface area (Å²) in [6.45, 7) is 1.84. The van der Waals surface area contributed by atoms with E-state index in [9.17, 15) is 13.2 Å². The van der Waals surface area contributed by atoms with E-state index in [-0.39, 0.29) is 10.9 Å². The minimum atomic E-state index is -4.02. The molecule has 3 atom stereocenters. The molecule has 3 rings (SSSR count). The second-order valence-electron chi connectivity index (χ2n) is 6.23. The van der Waals surface area contributed by atoms with Crippen LogP contribution < -0.4 is 5.32 Å². The summed E-state index contributed by atoms with van der Waals surface area (Å²) >= 11 is 0. The SMILES string of the molecule is Cc1ccc(S(=O)(=O)O)cc1.O=C(O)[C@H]1C[C@@H]2CCCC[C@H]2N1. The van der Waals surface area contributed by atoms with E-state index in [1.165, 1.54) is 37.8 Å². The second-order valence-corrected chi connectivity index (χ2v) is 7.65. The molecule has 1 aromatic carbocycles. The lowest BCUT2D eigenvalue weighted by atomic mass is 9.85. The van der Waals surface area contributed by atoms with E-state index in [1.807, 2.05) is 6.92 Å². The summed E-state index contributed by atoms with van der Waals surface area (Å²) in [6, 6.07) is 6.22. The van der Waals surface area contributed by atoms with Gasteiger partial charge in [0.25, 0.3) is 10.1 Å². The van der Waals surface area contributed by atoms with Crippen molar-refractivity contribution in [3.63, 3.8) is 0 Å². The van der Waals surface area contributed by atoms with Crippen molar-refractivity contribution in [3.05, 3.63) is 29.8 Å². The molecule has 0 aromatic heterocycles. The molecule has 0 spiro atoms. The molecule has 2 aliphatic rings. The first kappa shape index (κ1) is 17.9. The Morgan fingerprint density at radius 1 is 1.17 bits per heavy atom. The number of carbonyl (C=O) groups is 1. The van der Waals surface area contributed by atoms with Crippen LogP contribution in [0.15, 0.2) is 29.2 Å². The van der Waals surface area contributed by atoms with Gasteiger partial charge in [0.1, 0.15) is 6.04 Å². The molecule has 0 bridgehead atoms. The molecule has 2 fully saturated rings. The van der Waals surface area contributed by atoms with Crippen LogP contribution in [0.25, 0.3) is 0 Å². The molecule has 1 saturated carbocycles. The number of hydrogen-bond acceptors (Lipinski definition) is 4. The Hall–Kier alpha value is -1.44. The van der Waals surface area contributed by atoms with Crippen molar-refractivity contribution < 1.29 is 22.9 Å². The smallest absolute Gasteiger partial charge is 0.320 e. The molecule has 128 valence electrons. The monoisotopic (exact) mass is 341 g/mol. The number of nitrogens with one attached hydrogen (secondary N) is 1. The third-order valence-corrected chi connectivity index (χ3v) is 5.35. The minimum absolute atomic E-state index is 0.0666. The van der Waals surface area contributed by atoms with E-state index in [2.05, 4.69) is 5.32 Å². The Bertz CT molecular complexity index is 627. The van der Waals surface area contributed by atoms with Gasteiger partial charge >= 0.3 is 5.97 Å². The maximum absolute atomic E-state index is 10.7. The highest BCUT2D eigenvalue weighted by atomic mass is 32.2. The van der Waals surface area contributed by atoms with Gasteiger partial charge in [-0.05, 0) is 44.2 Å². The molecular formula is C16H23NO5S. The molecule has 1 aliphatic heterocycles. The molecule has 1 aliphatic carbocycles. The van der Waals surface area contributed by atoms with Crippen LogP contribution in [0.4, 0.5) is 0 Å². The summed E-state index contributed by atoms with van der Waals surface area (Å²) in [5.74, 6) is -0.0377. The van der Waals surface area contributed by atoms with Crippen molar-refractivity contribution in [3.8, 4) is 0 Å². The van der Waals surface area contributed by atoms with Crippen LogP contribution in [0.5, 0.6) is 0 Å². The summed E-state index contributed by atoms with van der Waals surface area (Å²) in [6.07, 6.45) is 5.80. The van der Waals surface area contributed by atoms with Crippen LogP contribution in [-0.2, 0) is 14.9 Å². The van der Waals surface area contributed by atoms with Gasteiger partial charge in [-0.15, -0.1) is 0 Å². The Balaban J connectivity index is 0.000000168. The van der Waals surface area contributed by atoms with Crippen LogP contribution in [-0.4, -0.2) is 36.1 Å². The van der Waals surface area contributed by atoms with Gasteiger partial charge in [0, 0.05) is 6.04 Å². The number of hydrogen-bond donors (Lipinski definition) is 3. The van der Waals surface area contributed by atoms with Crippen molar-refractivity contribution in [2.45, 2.75) is 56.0 Å². The minimum Gasteiger partial charge on any atom is -0.480 e. The standard InChI is InChI=1S/C9H15NO2.C7H8O3S/c11-9(12)8-5-6-3-1-2-4-7(6)10-8;1-6-2-4-7(5-3-6)11(8,9)10/h6-8,10H,1-5H2,(H,11,12);2-5H,1H3,(H,8,9,10)/t6-,7+,8+;/m0./s1. The van der Waals surface area contributed by atoms with E-state index in [0.29, 0.717) is 12.0 Å². The van der Waals surface area contributed by atoms with Crippen LogP contribution in [0, 0.1) is 12.8 Å². The second kappa shape index (κ2) is 7.42. The Morgan fingerprint density at radius 2 is 1.78 bits per heavy atom. The Morgan fingerprint density at radius 3 is 2.30 bits per heavy atom. The molecule has 1 heterocycles. The van der Waals surface area contributed by atoms with Crippen LogP contribution in [0.2, 0.25) is 0 Å². The first-order valence-corrected chi connectivity index (χ1v) is 9.24. The number of aryl methyl sites for hydroxylation is 1. The van der Waals surface area contributed by atoms with Gasteiger partial charge in [-0.25, -0.2) is 0 Å². The fourth-order valence-electron chi connectivity index (χ4n) is 3.22. The van der Waals surface area contributed by atoms with Crippen molar-refractivity contribution >= 4 is 16.1 Å². The molecule has 23 heavy (non-hydrogen) atoms. The lowest BCUT2D eigenvalue weighted by Crippen LogP contribution is -2.36. The van der Waals surface area contributed by atoms with Crippen molar-refractivity contribution in [2.75, 3.05) is 0 Å². The highest BCUT2D eigenvalue weighted by Gasteiger charge is 2.37. The van der Waals surface area contributed by atoms with Gasteiger partial charge in [0.15, 0.2) is 0 Å². The van der Waals surface area contributed by atoms with E-state index in [1.54, 1.807) is 12.1 Å². The predicted molar refractivity (Wildman–Crippen MR) is 85.9 cm³/mol. The van der Waals surface area contributed by atoms with Crippen molar-refractivity contribution in [1.82, 2.24) is 5.32 Å². The fourth-order valence-corrected chi connectivity index (χ4v) is 3.70. The van der Waals surface area contributed by atoms with Gasteiger partial charge in [-0.3, -0.25) is 9.35 Å². The topological polar surface area (TPSA) is 104 Å². The van der Waals surface area contributed by atoms with E-state index in [0.717, 1.165) is 12.0 Å². The third-order valence-electron chi connectivity index (χ3n) is 4.48. The number of benzene rings is 1. The number of carboxylic acids is 1. The zero-order valence-electron chi connectivity index (χ0n) is 13.1. The highest BCUT2D eigenvalue weighted by molar-refractivity contribution is 7.85. The summed E-state index contributed by atoms with van der Waals surface area (Å²) in [7, 11) is -4.02. The van der Waals surface area contributed by atoms with Gasteiger partial charge in [-0.1, -0.05) is 30.5 Å². The summed E-state index contributed by atoms with van der Waals surface area (Å²) < 4.78 is 29.6. The average molecular weight is 341 g/mol. The van der Waals surface area contributed by atoms with Gasteiger partial charge in [0.05, 0.1) is 4.90 Å². The number of fused-ring (bicyclic) bond motifs is 1. The largest absolute Gasteiger partial charge is 0.480 e. The normalized spacial score (nSPS) is 26.8.